The Balaban J connectivity index is 1.55. The smallest absolute Gasteiger partial charge is 0.319 e. The van der Waals surface area contributed by atoms with Gasteiger partial charge in [0.1, 0.15) is 12.4 Å². The fraction of sp³-hybridized carbons (Fsp3) is 0.524. The molecule has 2 amide bonds. The minimum absolute atomic E-state index is 0.0550. The van der Waals surface area contributed by atoms with Crippen LogP contribution >= 0.6 is 0 Å². The molecule has 1 aliphatic heterocycles. The van der Waals surface area contributed by atoms with Gasteiger partial charge in [-0.3, -0.25) is 0 Å². The van der Waals surface area contributed by atoms with Gasteiger partial charge in [0, 0.05) is 37.3 Å². The lowest BCUT2D eigenvalue weighted by atomic mass is 9.86. The van der Waals surface area contributed by atoms with Gasteiger partial charge in [-0.05, 0) is 30.4 Å². The number of carbonyl (C=O) groups is 1. The second-order valence-corrected chi connectivity index (χ2v) is 8.25. The van der Waals surface area contributed by atoms with Crippen LogP contribution in [0.2, 0.25) is 0 Å². The molecule has 2 aromatic rings. The van der Waals surface area contributed by atoms with Gasteiger partial charge in [0.15, 0.2) is 0 Å². The number of nitrogens with zero attached hydrogens (tertiary/aromatic N) is 2. The summed E-state index contributed by atoms with van der Waals surface area (Å²) in [6.45, 7) is 8.31. The molecule has 2 heterocycles. The molecule has 0 radical (unpaired) electrons. The summed E-state index contributed by atoms with van der Waals surface area (Å²) in [6, 6.07) is 7.14. The second-order valence-electron chi connectivity index (χ2n) is 8.25. The number of carbonyl (C=O) groups excluding carboxylic acids is 1. The summed E-state index contributed by atoms with van der Waals surface area (Å²) in [4.78, 5) is 16.6. The Hall–Kier alpha value is -2.54. The molecular weight excluding hydrogens is 356 g/mol. The number of aromatic nitrogens is 2. The molecule has 1 fully saturated rings. The largest absolute Gasteiger partial charge is 0.491 e. The maximum absolute atomic E-state index is 12.6. The van der Waals surface area contributed by atoms with Crippen LogP contribution in [0.25, 0.3) is 0 Å². The van der Waals surface area contributed by atoms with E-state index in [1.54, 1.807) is 12.5 Å². The first-order chi connectivity index (χ1) is 13.4. The number of anilines is 1. The van der Waals surface area contributed by atoms with Gasteiger partial charge in [-0.2, -0.15) is 0 Å². The van der Waals surface area contributed by atoms with Crippen LogP contribution in [0, 0.1) is 5.41 Å². The molecule has 0 aliphatic carbocycles. The van der Waals surface area contributed by atoms with Crippen molar-refractivity contribution in [3.05, 3.63) is 43.0 Å². The summed E-state index contributed by atoms with van der Waals surface area (Å²) in [6.07, 6.45) is 7.67. The van der Waals surface area contributed by atoms with Crippen LogP contribution in [-0.4, -0.2) is 40.9 Å². The zero-order valence-corrected chi connectivity index (χ0v) is 16.9. The summed E-state index contributed by atoms with van der Waals surface area (Å²) >= 11 is 0. The predicted molar refractivity (Wildman–Crippen MR) is 109 cm³/mol. The van der Waals surface area contributed by atoms with E-state index >= 15 is 0 Å². The first-order valence-corrected chi connectivity index (χ1v) is 9.78. The van der Waals surface area contributed by atoms with E-state index < -0.39 is 0 Å². The molecule has 7 nitrogen and oxygen atoms in total. The normalized spacial score (nSPS) is 17.9. The third-order valence-electron chi connectivity index (χ3n) is 4.86. The topological polar surface area (TPSA) is 77.4 Å². The van der Waals surface area contributed by atoms with Crippen LogP contribution in [0.4, 0.5) is 10.5 Å². The lowest BCUT2D eigenvalue weighted by Crippen LogP contribution is -2.47. The number of imidazole rings is 1. The van der Waals surface area contributed by atoms with Gasteiger partial charge in [0.25, 0.3) is 0 Å². The van der Waals surface area contributed by atoms with Crippen LogP contribution in [-0.2, 0) is 11.3 Å². The molecule has 0 unspecified atom stereocenters. The van der Waals surface area contributed by atoms with E-state index in [-0.39, 0.29) is 23.6 Å². The molecule has 0 saturated carbocycles. The van der Waals surface area contributed by atoms with E-state index in [1.807, 2.05) is 35.0 Å². The number of rotatable bonds is 7. The van der Waals surface area contributed by atoms with E-state index in [2.05, 4.69) is 36.4 Å². The highest BCUT2D eigenvalue weighted by atomic mass is 16.5. The van der Waals surface area contributed by atoms with Crippen molar-refractivity contribution in [2.75, 3.05) is 18.5 Å². The third-order valence-corrected chi connectivity index (χ3v) is 4.86. The van der Waals surface area contributed by atoms with Crippen LogP contribution in [0.15, 0.2) is 43.0 Å². The van der Waals surface area contributed by atoms with Crippen molar-refractivity contribution in [1.82, 2.24) is 14.9 Å². The Bertz CT molecular complexity index is 749. The van der Waals surface area contributed by atoms with Crippen molar-refractivity contribution < 1.29 is 14.3 Å². The quantitative estimate of drug-likeness (QED) is 0.761. The summed E-state index contributed by atoms with van der Waals surface area (Å²) < 4.78 is 13.4. The van der Waals surface area contributed by atoms with Crippen LogP contribution in [0.5, 0.6) is 5.75 Å². The number of benzene rings is 1. The lowest BCUT2D eigenvalue weighted by Gasteiger charge is -2.31. The summed E-state index contributed by atoms with van der Waals surface area (Å²) in [5.74, 6) is 0.721. The molecule has 152 valence electrons. The molecule has 0 bridgehead atoms. The van der Waals surface area contributed by atoms with E-state index in [9.17, 15) is 4.79 Å². The average molecular weight is 386 g/mol. The van der Waals surface area contributed by atoms with Gasteiger partial charge in [-0.15, -0.1) is 0 Å². The molecule has 1 aliphatic rings. The lowest BCUT2D eigenvalue weighted by molar-refractivity contribution is 0.0680. The Kier molecular flexibility index (Phi) is 6.57. The minimum Gasteiger partial charge on any atom is -0.491 e. The number of nitrogens with one attached hydrogen (secondary N) is 2. The number of hydrogen-bond acceptors (Lipinski definition) is 4. The highest BCUT2D eigenvalue weighted by Crippen LogP contribution is 2.22. The van der Waals surface area contributed by atoms with Crippen LogP contribution < -0.4 is 15.4 Å². The van der Waals surface area contributed by atoms with Crippen LogP contribution in [0.1, 0.15) is 33.6 Å². The molecule has 1 aromatic heterocycles. The van der Waals surface area contributed by atoms with Gasteiger partial charge in [-0.25, -0.2) is 9.78 Å². The molecule has 1 saturated heterocycles. The zero-order chi connectivity index (χ0) is 20.0. The van der Waals surface area contributed by atoms with Crippen molar-refractivity contribution in [2.45, 2.75) is 52.3 Å². The molecule has 28 heavy (non-hydrogen) atoms. The minimum atomic E-state index is -0.240. The van der Waals surface area contributed by atoms with E-state index in [0.29, 0.717) is 18.8 Å². The van der Waals surface area contributed by atoms with Crippen molar-refractivity contribution in [3.8, 4) is 5.75 Å². The van der Waals surface area contributed by atoms with Crippen molar-refractivity contribution >= 4 is 11.7 Å². The second kappa shape index (κ2) is 9.10. The summed E-state index contributed by atoms with van der Waals surface area (Å²) in [5, 5.41) is 5.99. The highest BCUT2D eigenvalue weighted by molar-refractivity contribution is 5.89. The fourth-order valence-electron chi connectivity index (χ4n) is 3.10. The van der Waals surface area contributed by atoms with Crippen molar-refractivity contribution in [2.24, 2.45) is 5.41 Å². The van der Waals surface area contributed by atoms with Gasteiger partial charge >= 0.3 is 6.03 Å². The van der Waals surface area contributed by atoms with Gasteiger partial charge in [0.2, 0.25) is 0 Å². The van der Waals surface area contributed by atoms with Crippen LogP contribution in [0.3, 0.4) is 0 Å². The first-order valence-electron chi connectivity index (χ1n) is 9.78. The molecule has 1 aromatic carbocycles. The highest BCUT2D eigenvalue weighted by Gasteiger charge is 2.26. The zero-order valence-electron chi connectivity index (χ0n) is 16.9. The van der Waals surface area contributed by atoms with Crippen molar-refractivity contribution in [3.63, 3.8) is 0 Å². The Morgan fingerprint density at radius 1 is 1.43 bits per heavy atom. The molecule has 0 spiro atoms. The number of urea groups is 1. The Labute approximate surface area is 166 Å². The summed E-state index contributed by atoms with van der Waals surface area (Å²) in [5.41, 5.74) is 0.589. The van der Waals surface area contributed by atoms with E-state index in [4.69, 9.17) is 9.47 Å². The molecular formula is C21H30N4O3. The molecule has 2 atom stereocenters. The van der Waals surface area contributed by atoms with E-state index in [0.717, 1.165) is 25.2 Å². The molecule has 2 N–H and O–H groups in total. The van der Waals surface area contributed by atoms with Gasteiger partial charge in [-0.1, -0.05) is 26.8 Å². The predicted octanol–water partition coefficient (Wildman–Crippen LogP) is 3.68. The molecule has 3 rings (SSSR count). The fourth-order valence-corrected chi connectivity index (χ4v) is 3.10. The van der Waals surface area contributed by atoms with E-state index in [1.165, 1.54) is 0 Å². The average Bonchev–Trinajstić information content (AvgIpc) is 3.33. The first kappa shape index (κ1) is 20.2. The maximum atomic E-state index is 12.6. The Morgan fingerprint density at radius 3 is 2.96 bits per heavy atom. The van der Waals surface area contributed by atoms with Gasteiger partial charge in [0.05, 0.1) is 18.5 Å². The monoisotopic (exact) mass is 386 g/mol. The Morgan fingerprint density at radius 2 is 2.29 bits per heavy atom. The standard InChI is InChI=1S/C21H30N4O3/c1-21(2,3)19(13-25-10-9-22-15-25)24-20(26)23-16-6-4-7-17(12-16)28-14-18-8-5-11-27-18/h4,6-7,9-10,12,15,18-19H,5,8,11,13-14H2,1-3H3,(H2,23,24,26)/t18-,19+/m0/s1. The maximum Gasteiger partial charge on any atom is 0.319 e. The number of ether oxygens (including phenoxy) is 2. The SMILES string of the molecule is CC(C)(C)[C@@H](Cn1ccnc1)NC(=O)Nc1cccc(OC[C@@H]2CCCO2)c1. The number of amides is 2. The summed E-state index contributed by atoms with van der Waals surface area (Å²) in [7, 11) is 0. The molecule has 7 heteroatoms. The van der Waals surface area contributed by atoms with Gasteiger partial charge < -0.3 is 24.7 Å². The van der Waals surface area contributed by atoms with Crippen molar-refractivity contribution in [1.29, 1.82) is 0 Å². The number of hydrogen-bond donors (Lipinski definition) is 2. The third kappa shape index (κ3) is 5.99.